The first-order chi connectivity index (χ1) is 7.43. The minimum Gasteiger partial charge on any atom is -0.393 e. The van der Waals surface area contributed by atoms with E-state index in [1.165, 1.54) is 0 Å². The molecule has 16 heavy (non-hydrogen) atoms. The van der Waals surface area contributed by atoms with Gasteiger partial charge in [0.15, 0.2) is 0 Å². The Bertz CT molecular complexity index is 409. The number of hydrogen-bond acceptors (Lipinski definition) is 2. The molecule has 4 heteroatoms. The third-order valence-corrected chi connectivity index (χ3v) is 2.90. The number of carbonyl (C=O) groups is 1. The van der Waals surface area contributed by atoms with Crippen LogP contribution in [0.4, 0.5) is 5.69 Å². The van der Waals surface area contributed by atoms with E-state index in [4.69, 9.17) is 18.0 Å². The minimum atomic E-state index is -0.450. The van der Waals surface area contributed by atoms with E-state index in [0.717, 1.165) is 16.8 Å². The molecule has 0 heterocycles. The molecule has 0 fully saturated rings. The van der Waals surface area contributed by atoms with E-state index in [1.807, 2.05) is 32.0 Å². The monoisotopic (exact) mass is 236 g/mol. The Morgan fingerprint density at radius 3 is 2.31 bits per heavy atom. The average molecular weight is 236 g/mol. The van der Waals surface area contributed by atoms with Crippen LogP contribution in [-0.4, -0.2) is 10.9 Å². The van der Waals surface area contributed by atoms with Gasteiger partial charge in [0, 0.05) is 5.69 Å². The molecule has 0 saturated heterocycles. The summed E-state index contributed by atoms with van der Waals surface area (Å²) in [7, 11) is 0. The van der Waals surface area contributed by atoms with E-state index in [0.29, 0.717) is 0 Å². The molecule has 1 aromatic carbocycles. The molecule has 0 radical (unpaired) electrons. The molecule has 1 amide bonds. The average Bonchev–Trinajstić information content (AvgIpc) is 2.22. The number of hydrogen-bond donors (Lipinski definition) is 2. The fourth-order valence-corrected chi connectivity index (χ4v) is 1.48. The third-order valence-electron chi connectivity index (χ3n) is 2.55. The van der Waals surface area contributed by atoms with Crippen LogP contribution in [-0.2, 0) is 4.79 Å². The largest absolute Gasteiger partial charge is 0.393 e. The number of benzene rings is 1. The molecule has 0 bridgehead atoms. The number of amides is 1. The first-order valence-corrected chi connectivity index (χ1v) is 5.50. The number of nitrogens with one attached hydrogen (secondary N) is 1. The number of rotatable bonds is 3. The zero-order chi connectivity index (χ0) is 12.3. The predicted molar refractivity (Wildman–Crippen MR) is 70.5 cm³/mol. The van der Waals surface area contributed by atoms with Gasteiger partial charge >= 0.3 is 0 Å². The highest BCUT2D eigenvalue weighted by molar-refractivity contribution is 7.80. The summed E-state index contributed by atoms with van der Waals surface area (Å²) in [6.45, 7) is 5.60. The van der Waals surface area contributed by atoms with Crippen LogP contribution in [0.25, 0.3) is 0 Å². The Balaban J connectivity index is 2.89. The van der Waals surface area contributed by atoms with Crippen LogP contribution in [0.2, 0.25) is 0 Å². The Morgan fingerprint density at radius 1 is 1.38 bits per heavy atom. The third kappa shape index (κ3) is 2.79. The summed E-state index contributed by atoms with van der Waals surface area (Å²) in [4.78, 5) is 12.0. The van der Waals surface area contributed by atoms with Crippen LogP contribution < -0.4 is 11.1 Å². The fraction of sp³-hybridized carbons (Fsp3) is 0.333. The molecule has 0 saturated carbocycles. The van der Waals surface area contributed by atoms with Gasteiger partial charge in [-0.25, -0.2) is 0 Å². The Kier molecular flexibility index (Phi) is 4.01. The molecule has 1 atom stereocenters. The molecule has 1 aromatic rings. The van der Waals surface area contributed by atoms with E-state index < -0.39 is 5.92 Å². The smallest absolute Gasteiger partial charge is 0.234 e. The van der Waals surface area contributed by atoms with E-state index in [2.05, 4.69) is 5.32 Å². The number of para-hydroxylation sites is 1. The summed E-state index contributed by atoms with van der Waals surface area (Å²) in [5, 5.41) is 2.85. The summed E-state index contributed by atoms with van der Waals surface area (Å²) < 4.78 is 0. The topological polar surface area (TPSA) is 55.1 Å². The van der Waals surface area contributed by atoms with Crippen molar-refractivity contribution < 1.29 is 4.79 Å². The number of nitrogens with two attached hydrogens (primary N) is 1. The standard InChI is InChI=1S/C12H16N2OS/c1-7-5-4-6-8(2)10(7)14-12(15)9(3)11(13)16/h4-6,9H,1-3H3,(H2,13,16)(H,14,15). The SMILES string of the molecule is Cc1cccc(C)c1NC(=O)C(C)C(N)=S. The van der Waals surface area contributed by atoms with Gasteiger partial charge in [0.25, 0.3) is 0 Å². The van der Waals surface area contributed by atoms with Crippen LogP contribution >= 0.6 is 12.2 Å². The molecule has 0 aliphatic rings. The highest BCUT2D eigenvalue weighted by Crippen LogP contribution is 2.20. The van der Waals surface area contributed by atoms with E-state index in [-0.39, 0.29) is 10.9 Å². The van der Waals surface area contributed by atoms with Gasteiger partial charge in [-0.3, -0.25) is 4.79 Å². The number of thiocarbonyl (C=S) groups is 1. The van der Waals surface area contributed by atoms with Crippen molar-refractivity contribution in [3.63, 3.8) is 0 Å². The van der Waals surface area contributed by atoms with Gasteiger partial charge in [-0.05, 0) is 31.9 Å². The molecule has 0 aliphatic heterocycles. The lowest BCUT2D eigenvalue weighted by Gasteiger charge is -2.14. The maximum absolute atomic E-state index is 11.8. The molecule has 1 rings (SSSR count). The molecule has 3 nitrogen and oxygen atoms in total. The van der Waals surface area contributed by atoms with E-state index in [1.54, 1.807) is 6.92 Å². The van der Waals surface area contributed by atoms with Gasteiger partial charge in [0.05, 0.1) is 10.9 Å². The van der Waals surface area contributed by atoms with Crippen molar-refractivity contribution in [1.82, 2.24) is 0 Å². The summed E-state index contributed by atoms with van der Waals surface area (Å²) >= 11 is 4.79. The lowest BCUT2D eigenvalue weighted by Crippen LogP contribution is -2.31. The predicted octanol–water partition coefficient (Wildman–Crippen LogP) is 2.16. The van der Waals surface area contributed by atoms with Gasteiger partial charge in [-0.2, -0.15) is 0 Å². The van der Waals surface area contributed by atoms with Gasteiger partial charge in [0.1, 0.15) is 0 Å². The minimum absolute atomic E-state index is 0.162. The van der Waals surface area contributed by atoms with E-state index >= 15 is 0 Å². The van der Waals surface area contributed by atoms with Crippen molar-refractivity contribution in [1.29, 1.82) is 0 Å². The molecule has 86 valence electrons. The quantitative estimate of drug-likeness (QED) is 0.791. The van der Waals surface area contributed by atoms with Crippen LogP contribution in [0, 0.1) is 19.8 Å². The Hall–Kier alpha value is -1.42. The number of aryl methyl sites for hydroxylation is 2. The lowest BCUT2D eigenvalue weighted by molar-refractivity contribution is -0.117. The van der Waals surface area contributed by atoms with Crippen molar-refractivity contribution in [2.45, 2.75) is 20.8 Å². The van der Waals surface area contributed by atoms with Crippen molar-refractivity contribution in [2.75, 3.05) is 5.32 Å². The zero-order valence-electron chi connectivity index (χ0n) is 9.70. The molecule has 1 unspecified atom stereocenters. The maximum Gasteiger partial charge on any atom is 0.234 e. The normalized spacial score (nSPS) is 11.9. The molecular weight excluding hydrogens is 220 g/mol. The van der Waals surface area contributed by atoms with Crippen molar-refractivity contribution in [2.24, 2.45) is 11.7 Å². The van der Waals surface area contributed by atoms with Crippen LogP contribution in [0.15, 0.2) is 18.2 Å². The van der Waals surface area contributed by atoms with Gasteiger partial charge in [-0.15, -0.1) is 0 Å². The molecule has 0 aromatic heterocycles. The second-order valence-electron chi connectivity index (χ2n) is 3.88. The van der Waals surface area contributed by atoms with Crippen LogP contribution in [0.1, 0.15) is 18.1 Å². The Labute approximate surface area is 101 Å². The maximum atomic E-state index is 11.8. The zero-order valence-corrected chi connectivity index (χ0v) is 10.5. The second-order valence-corrected chi connectivity index (χ2v) is 4.35. The first kappa shape index (κ1) is 12.6. The fourth-order valence-electron chi connectivity index (χ4n) is 1.37. The summed E-state index contributed by atoms with van der Waals surface area (Å²) in [5.74, 6) is -0.612. The van der Waals surface area contributed by atoms with Gasteiger partial charge < -0.3 is 11.1 Å². The van der Waals surface area contributed by atoms with Gasteiger partial charge in [-0.1, -0.05) is 30.4 Å². The number of carbonyl (C=O) groups excluding carboxylic acids is 1. The highest BCUT2D eigenvalue weighted by atomic mass is 32.1. The van der Waals surface area contributed by atoms with Crippen LogP contribution in [0.5, 0.6) is 0 Å². The molecule has 0 aliphatic carbocycles. The van der Waals surface area contributed by atoms with E-state index in [9.17, 15) is 4.79 Å². The molecule has 3 N–H and O–H groups in total. The summed E-state index contributed by atoms with van der Waals surface area (Å²) in [6.07, 6.45) is 0. The first-order valence-electron chi connectivity index (χ1n) is 5.10. The van der Waals surface area contributed by atoms with Crippen LogP contribution in [0.3, 0.4) is 0 Å². The van der Waals surface area contributed by atoms with Crippen molar-refractivity contribution >= 4 is 28.8 Å². The van der Waals surface area contributed by atoms with Gasteiger partial charge in [0.2, 0.25) is 5.91 Å². The summed E-state index contributed by atoms with van der Waals surface area (Å²) in [5.41, 5.74) is 8.34. The van der Waals surface area contributed by atoms with Crippen molar-refractivity contribution in [3.05, 3.63) is 29.3 Å². The Morgan fingerprint density at radius 2 is 1.88 bits per heavy atom. The number of anilines is 1. The lowest BCUT2D eigenvalue weighted by atomic mass is 10.1. The summed E-state index contributed by atoms with van der Waals surface area (Å²) in [6, 6.07) is 5.86. The molecule has 0 spiro atoms. The second kappa shape index (κ2) is 5.07. The highest BCUT2D eigenvalue weighted by Gasteiger charge is 2.16. The molecular formula is C12H16N2OS. The van der Waals surface area contributed by atoms with Crippen molar-refractivity contribution in [3.8, 4) is 0 Å².